The predicted molar refractivity (Wildman–Crippen MR) is 96.0 cm³/mol. The Labute approximate surface area is 136 Å². The van der Waals surface area contributed by atoms with Crippen LogP contribution in [0.5, 0.6) is 5.75 Å². The van der Waals surface area contributed by atoms with Crippen LogP contribution in [0.3, 0.4) is 0 Å². The standard InChI is InChI=1S/C18H31NO2Si/c1-15-13-19(14-16(2)21-15)11-6-12-22(4,5)18-9-7-17(20-3)8-10-18/h7-10,15-16H,6,11-14H2,1-5H3. The molecular formula is C18H31NO2Si. The van der Waals surface area contributed by atoms with E-state index >= 15 is 0 Å². The lowest BCUT2D eigenvalue weighted by molar-refractivity contribution is -0.0677. The van der Waals surface area contributed by atoms with E-state index in [1.54, 1.807) is 7.11 Å². The number of methoxy groups -OCH3 is 1. The largest absolute Gasteiger partial charge is 0.497 e. The van der Waals surface area contributed by atoms with Crippen molar-refractivity contribution < 1.29 is 9.47 Å². The molecule has 1 saturated heterocycles. The molecule has 0 N–H and O–H groups in total. The lowest BCUT2D eigenvalue weighted by Gasteiger charge is -2.35. The number of nitrogens with zero attached hydrogens (tertiary/aromatic N) is 1. The molecule has 4 heteroatoms. The van der Waals surface area contributed by atoms with Crippen LogP contribution >= 0.6 is 0 Å². The van der Waals surface area contributed by atoms with E-state index < -0.39 is 8.07 Å². The van der Waals surface area contributed by atoms with Gasteiger partial charge in [-0.15, -0.1) is 0 Å². The van der Waals surface area contributed by atoms with Crippen molar-refractivity contribution in [2.45, 2.75) is 51.6 Å². The fourth-order valence-corrected chi connectivity index (χ4v) is 5.80. The van der Waals surface area contributed by atoms with E-state index in [9.17, 15) is 0 Å². The molecule has 22 heavy (non-hydrogen) atoms. The van der Waals surface area contributed by atoms with Crippen molar-refractivity contribution in [3.63, 3.8) is 0 Å². The maximum absolute atomic E-state index is 5.81. The van der Waals surface area contributed by atoms with Crippen LogP contribution in [0.2, 0.25) is 19.1 Å². The molecule has 2 rings (SSSR count). The van der Waals surface area contributed by atoms with Crippen LogP contribution in [0.15, 0.2) is 24.3 Å². The highest BCUT2D eigenvalue weighted by Crippen LogP contribution is 2.17. The van der Waals surface area contributed by atoms with E-state index in [0.29, 0.717) is 12.2 Å². The molecule has 0 bridgehead atoms. The molecule has 0 aromatic heterocycles. The summed E-state index contributed by atoms with van der Waals surface area (Å²) >= 11 is 0. The first kappa shape index (κ1) is 17.5. The average Bonchev–Trinajstić information content (AvgIpc) is 2.46. The van der Waals surface area contributed by atoms with Crippen molar-refractivity contribution in [3.8, 4) is 5.75 Å². The van der Waals surface area contributed by atoms with Gasteiger partial charge >= 0.3 is 0 Å². The average molecular weight is 322 g/mol. The number of hydrogen-bond acceptors (Lipinski definition) is 3. The Kier molecular flexibility index (Phi) is 6.06. The minimum absolute atomic E-state index is 0.371. The highest BCUT2D eigenvalue weighted by Gasteiger charge is 2.25. The van der Waals surface area contributed by atoms with E-state index in [2.05, 4.69) is 56.1 Å². The van der Waals surface area contributed by atoms with Crippen LogP contribution < -0.4 is 9.92 Å². The van der Waals surface area contributed by atoms with Gasteiger partial charge in [0.2, 0.25) is 0 Å². The van der Waals surface area contributed by atoms with Crippen molar-refractivity contribution in [2.75, 3.05) is 26.7 Å². The summed E-state index contributed by atoms with van der Waals surface area (Å²) in [7, 11) is 0.377. The molecule has 124 valence electrons. The monoisotopic (exact) mass is 321 g/mol. The number of rotatable bonds is 6. The molecule has 0 saturated carbocycles. The zero-order valence-corrected chi connectivity index (χ0v) is 15.8. The minimum atomic E-state index is -1.35. The van der Waals surface area contributed by atoms with Crippen LogP contribution in [-0.4, -0.2) is 51.9 Å². The van der Waals surface area contributed by atoms with Gasteiger partial charge in [0.15, 0.2) is 0 Å². The van der Waals surface area contributed by atoms with Crippen molar-refractivity contribution in [3.05, 3.63) is 24.3 Å². The van der Waals surface area contributed by atoms with Crippen molar-refractivity contribution in [1.29, 1.82) is 0 Å². The zero-order chi connectivity index (χ0) is 16.2. The third-order valence-corrected chi connectivity index (χ3v) is 8.14. The van der Waals surface area contributed by atoms with Gasteiger partial charge in [-0.3, -0.25) is 4.90 Å². The molecule has 0 radical (unpaired) electrons. The van der Waals surface area contributed by atoms with E-state index in [1.807, 2.05) is 0 Å². The van der Waals surface area contributed by atoms with E-state index in [-0.39, 0.29) is 0 Å². The first-order valence-electron chi connectivity index (χ1n) is 8.43. The molecule has 0 aliphatic carbocycles. The predicted octanol–water partition coefficient (Wildman–Crippen LogP) is 3.11. The third kappa shape index (κ3) is 4.83. The lowest BCUT2D eigenvalue weighted by Crippen LogP contribution is -2.46. The Morgan fingerprint density at radius 3 is 2.27 bits per heavy atom. The maximum Gasteiger partial charge on any atom is 0.118 e. The van der Waals surface area contributed by atoms with Crippen LogP contribution in [0.1, 0.15) is 20.3 Å². The summed E-state index contributed by atoms with van der Waals surface area (Å²) in [5.74, 6) is 0.949. The molecule has 0 amide bonds. The molecule has 1 aromatic rings. The normalized spacial score (nSPS) is 23.5. The molecule has 2 unspecified atom stereocenters. The van der Waals surface area contributed by atoms with Crippen LogP contribution in [0, 0.1) is 0 Å². The lowest BCUT2D eigenvalue weighted by atomic mass is 10.2. The topological polar surface area (TPSA) is 21.7 Å². The second-order valence-electron chi connectivity index (χ2n) is 7.23. The van der Waals surface area contributed by atoms with Gasteiger partial charge in [0.25, 0.3) is 0 Å². The van der Waals surface area contributed by atoms with Crippen LogP contribution in [0.25, 0.3) is 0 Å². The summed E-state index contributed by atoms with van der Waals surface area (Å²) in [5.41, 5.74) is 0. The fourth-order valence-electron chi connectivity index (χ4n) is 3.40. The molecule has 1 aromatic carbocycles. The van der Waals surface area contributed by atoms with Gasteiger partial charge in [0, 0.05) is 13.1 Å². The zero-order valence-electron chi connectivity index (χ0n) is 14.8. The summed E-state index contributed by atoms with van der Waals surface area (Å²) in [4.78, 5) is 2.57. The molecule has 1 heterocycles. The molecule has 2 atom stereocenters. The van der Waals surface area contributed by atoms with Gasteiger partial charge in [-0.25, -0.2) is 0 Å². The van der Waals surface area contributed by atoms with Gasteiger partial charge in [-0.1, -0.05) is 36.5 Å². The number of benzene rings is 1. The number of ether oxygens (including phenoxy) is 2. The summed E-state index contributed by atoms with van der Waals surface area (Å²) in [6, 6.07) is 10.0. The molecule has 1 aliphatic rings. The Morgan fingerprint density at radius 1 is 1.14 bits per heavy atom. The van der Waals surface area contributed by atoms with Crippen molar-refractivity contribution in [2.24, 2.45) is 0 Å². The highest BCUT2D eigenvalue weighted by atomic mass is 28.3. The van der Waals surface area contributed by atoms with Crippen LogP contribution in [-0.2, 0) is 4.74 Å². The maximum atomic E-state index is 5.81. The summed E-state index contributed by atoms with van der Waals surface area (Å²) < 4.78 is 11.1. The van der Waals surface area contributed by atoms with E-state index in [1.165, 1.54) is 24.2 Å². The highest BCUT2D eigenvalue weighted by molar-refractivity contribution is 6.89. The quantitative estimate of drug-likeness (QED) is 0.752. The van der Waals surface area contributed by atoms with Gasteiger partial charge in [-0.05, 0) is 38.9 Å². The number of morpholine rings is 1. The van der Waals surface area contributed by atoms with Gasteiger partial charge in [0.05, 0.1) is 27.4 Å². The summed E-state index contributed by atoms with van der Waals surface area (Å²) in [6.45, 7) is 12.7. The molecule has 0 spiro atoms. The first-order chi connectivity index (χ1) is 10.4. The Balaban J connectivity index is 1.83. The Bertz CT molecular complexity index is 451. The molecule has 3 nitrogen and oxygen atoms in total. The second kappa shape index (κ2) is 7.62. The Morgan fingerprint density at radius 2 is 1.73 bits per heavy atom. The number of hydrogen-bond donors (Lipinski definition) is 0. The summed E-state index contributed by atoms with van der Waals surface area (Å²) in [5, 5.41) is 1.53. The van der Waals surface area contributed by atoms with Crippen LogP contribution in [0.4, 0.5) is 0 Å². The van der Waals surface area contributed by atoms with Crippen molar-refractivity contribution >= 4 is 13.3 Å². The van der Waals surface area contributed by atoms with E-state index in [4.69, 9.17) is 9.47 Å². The first-order valence-corrected chi connectivity index (χ1v) is 11.6. The second-order valence-corrected chi connectivity index (χ2v) is 12.1. The molecular weight excluding hydrogens is 290 g/mol. The Hall–Kier alpha value is -0.843. The minimum Gasteiger partial charge on any atom is -0.497 e. The van der Waals surface area contributed by atoms with Gasteiger partial charge in [0.1, 0.15) is 5.75 Å². The third-order valence-electron chi connectivity index (χ3n) is 4.64. The van der Waals surface area contributed by atoms with Gasteiger partial charge < -0.3 is 9.47 Å². The SMILES string of the molecule is COc1ccc([Si](C)(C)CCCN2CC(C)OC(C)C2)cc1. The molecule has 1 aliphatic heterocycles. The fraction of sp³-hybridized carbons (Fsp3) is 0.667. The smallest absolute Gasteiger partial charge is 0.118 e. The van der Waals surface area contributed by atoms with Crippen molar-refractivity contribution in [1.82, 2.24) is 4.90 Å². The van der Waals surface area contributed by atoms with Gasteiger partial charge in [-0.2, -0.15) is 0 Å². The molecule has 1 fully saturated rings. The summed E-state index contributed by atoms with van der Waals surface area (Å²) in [6.07, 6.45) is 2.02. The van der Waals surface area contributed by atoms with E-state index in [0.717, 1.165) is 18.8 Å².